The molecule has 0 saturated carbocycles. The number of hydrogen-bond donors (Lipinski definition) is 3. The van der Waals surface area contributed by atoms with Gasteiger partial charge in [0.2, 0.25) is 11.9 Å². The van der Waals surface area contributed by atoms with E-state index in [2.05, 4.69) is 25.9 Å². The molecular formula is C26H27ClFN7O4. The van der Waals surface area contributed by atoms with Gasteiger partial charge in [-0.1, -0.05) is 23.7 Å². The normalized spacial score (nSPS) is 12.9. The number of para-hydroxylation sites is 1. The zero-order valence-corrected chi connectivity index (χ0v) is 22.3. The number of halogens is 2. The van der Waals surface area contributed by atoms with Gasteiger partial charge in [-0.05, 0) is 43.7 Å². The molecular weight excluding hydrogens is 529 g/mol. The molecule has 3 N–H and O–H groups in total. The first-order valence-electron chi connectivity index (χ1n) is 12.2. The van der Waals surface area contributed by atoms with E-state index in [4.69, 9.17) is 16.3 Å². The molecule has 11 nitrogen and oxygen atoms in total. The first-order valence-corrected chi connectivity index (χ1v) is 12.6. The number of amides is 3. The van der Waals surface area contributed by atoms with Crippen molar-refractivity contribution in [1.82, 2.24) is 20.2 Å². The number of fused-ring (bicyclic) bond motifs is 1. The summed E-state index contributed by atoms with van der Waals surface area (Å²) in [6.45, 7) is 4.26. The van der Waals surface area contributed by atoms with Crippen LogP contribution >= 0.6 is 11.6 Å². The fourth-order valence-electron chi connectivity index (χ4n) is 4.10. The molecule has 204 valence electrons. The molecule has 0 bridgehead atoms. The molecule has 0 atom stereocenters. The van der Waals surface area contributed by atoms with Crippen molar-refractivity contribution in [2.75, 3.05) is 42.3 Å². The number of ether oxygens (including phenoxy) is 1. The van der Waals surface area contributed by atoms with Crippen LogP contribution < -0.4 is 20.9 Å². The first-order chi connectivity index (χ1) is 18.7. The SMILES string of the molecule is CCOC(=O)N1CC(=O)N(CC)c2cc(Nc3ncc(Cl)c(Nc4c(F)cccc4C(=O)NC)n3)ccc2C1. The molecule has 0 unspecified atom stereocenters. The number of rotatable bonds is 7. The summed E-state index contributed by atoms with van der Waals surface area (Å²) in [5.74, 6) is -1.17. The monoisotopic (exact) mass is 555 g/mol. The number of carbonyl (C=O) groups is 3. The number of benzene rings is 2. The molecule has 1 aliphatic heterocycles. The Bertz CT molecular complexity index is 1420. The van der Waals surface area contributed by atoms with E-state index in [9.17, 15) is 18.8 Å². The number of likely N-dealkylation sites (N-methyl/N-ethyl adjacent to an activating group) is 1. The highest BCUT2D eigenvalue weighted by atomic mass is 35.5. The van der Waals surface area contributed by atoms with Crippen molar-refractivity contribution in [2.45, 2.75) is 20.4 Å². The van der Waals surface area contributed by atoms with E-state index in [0.29, 0.717) is 17.9 Å². The maximum absolute atomic E-state index is 14.6. The fourth-order valence-corrected chi connectivity index (χ4v) is 4.24. The van der Waals surface area contributed by atoms with Gasteiger partial charge in [0.1, 0.15) is 17.4 Å². The Labute approximate surface area is 229 Å². The maximum atomic E-state index is 14.6. The smallest absolute Gasteiger partial charge is 0.410 e. The molecule has 1 aromatic heterocycles. The van der Waals surface area contributed by atoms with Crippen LogP contribution in [-0.4, -0.2) is 59.5 Å². The quantitative estimate of drug-likeness (QED) is 0.390. The van der Waals surface area contributed by atoms with Gasteiger partial charge >= 0.3 is 6.09 Å². The lowest BCUT2D eigenvalue weighted by Gasteiger charge is -2.21. The Kier molecular flexibility index (Phi) is 8.45. The average molecular weight is 556 g/mol. The number of carbonyl (C=O) groups excluding carboxylic acids is 3. The molecule has 0 aliphatic carbocycles. The Morgan fingerprint density at radius 2 is 1.95 bits per heavy atom. The lowest BCUT2D eigenvalue weighted by molar-refractivity contribution is -0.119. The van der Waals surface area contributed by atoms with Crippen molar-refractivity contribution < 1.29 is 23.5 Å². The van der Waals surface area contributed by atoms with Crippen LogP contribution in [-0.2, 0) is 16.1 Å². The number of aromatic nitrogens is 2. The topological polar surface area (TPSA) is 129 Å². The van der Waals surface area contributed by atoms with Crippen molar-refractivity contribution in [3.63, 3.8) is 0 Å². The van der Waals surface area contributed by atoms with Gasteiger partial charge in [0.15, 0.2) is 5.82 Å². The van der Waals surface area contributed by atoms with Gasteiger partial charge in [0, 0.05) is 19.3 Å². The summed E-state index contributed by atoms with van der Waals surface area (Å²) >= 11 is 6.27. The molecule has 0 spiro atoms. The van der Waals surface area contributed by atoms with Crippen molar-refractivity contribution >= 4 is 58.3 Å². The Morgan fingerprint density at radius 3 is 2.67 bits per heavy atom. The second-order valence-electron chi connectivity index (χ2n) is 8.42. The summed E-state index contributed by atoms with van der Waals surface area (Å²) in [7, 11) is 1.44. The summed E-state index contributed by atoms with van der Waals surface area (Å²) in [6, 6.07) is 9.43. The molecule has 3 amide bonds. The number of nitrogens with one attached hydrogen (secondary N) is 3. The van der Waals surface area contributed by atoms with Crippen LogP contribution in [0.4, 0.5) is 38.0 Å². The van der Waals surface area contributed by atoms with Gasteiger partial charge < -0.3 is 25.6 Å². The molecule has 1 aliphatic rings. The second-order valence-corrected chi connectivity index (χ2v) is 8.83. The molecule has 0 radical (unpaired) electrons. The van der Waals surface area contributed by atoms with Crippen molar-refractivity contribution in [1.29, 1.82) is 0 Å². The lowest BCUT2D eigenvalue weighted by atomic mass is 10.1. The van der Waals surface area contributed by atoms with Crippen LogP contribution in [0.3, 0.4) is 0 Å². The van der Waals surface area contributed by atoms with E-state index in [1.54, 1.807) is 30.0 Å². The minimum atomic E-state index is -0.660. The lowest BCUT2D eigenvalue weighted by Crippen LogP contribution is -2.40. The molecule has 4 rings (SSSR count). The standard InChI is InChI=1S/C26H27ClFN7O4/c1-4-35-20-11-16(10-9-15(20)13-34(14-21(35)36)26(38)39-5-2)31-25-30-12-18(27)23(33-25)32-22-17(24(37)29-3)7-6-8-19(22)28/h6-12H,4-5,13-14H2,1-3H3,(H,29,37)(H2,30,31,32,33). The molecule has 0 saturated heterocycles. The third-order valence-corrected chi connectivity index (χ3v) is 6.21. The van der Waals surface area contributed by atoms with Crippen molar-refractivity contribution in [3.8, 4) is 0 Å². The maximum Gasteiger partial charge on any atom is 0.410 e. The minimum absolute atomic E-state index is 0.0774. The van der Waals surface area contributed by atoms with Gasteiger partial charge in [-0.15, -0.1) is 0 Å². The third-order valence-electron chi connectivity index (χ3n) is 5.94. The highest BCUT2D eigenvalue weighted by Gasteiger charge is 2.29. The molecule has 3 aromatic rings. The van der Waals surface area contributed by atoms with E-state index in [0.717, 1.165) is 5.56 Å². The van der Waals surface area contributed by atoms with Gasteiger partial charge in [0.05, 0.1) is 36.3 Å². The van der Waals surface area contributed by atoms with E-state index in [1.165, 1.54) is 36.3 Å². The summed E-state index contributed by atoms with van der Waals surface area (Å²) in [6.07, 6.45) is 0.781. The van der Waals surface area contributed by atoms with Crippen LogP contribution in [0.15, 0.2) is 42.6 Å². The number of nitrogens with zero attached hydrogens (tertiary/aromatic N) is 4. The first kappa shape index (κ1) is 27.6. The van der Waals surface area contributed by atoms with Crippen LogP contribution in [0.1, 0.15) is 29.8 Å². The summed E-state index contributed by atoms with van der Waals surface area (Å²) < 4.78 is 19.7. The highest BCUT2D eigenvalue weighted by Crippen LogP contribution is 2.32. The minimum Gasteiger partial charge on any atom is -0.450 e. The van der Waals surface area contributed by atoms with E-state index < -0.39 is 17.8 Å². The second kappa shape index (κ2) is 11.9. The Hall–Kier alpha value is -4.45. The summed E-state index contributed by atoms with van der Waals surface area (Å²) in [5, 5.41) is 8.44. The average Bonchev–Trinajstić information content (AvgIpc) is 3.06. The van der Waals surface area contributed by atoms with E-state index >= 15 is 0 Å². The molecule has 2 heterocycles. The van der Waals surface area contributed by atoms with Crippen LogP contribution in [0, 0.1) is 5.82 Å². The summed E-state index contributed by atoms with van der Waals surface area (Å²) in [4.78, 5) is 49.0. The van der Waals surface area contributed by atoms with Crippen LogP contribution in [0.5, 0.6) is 0 Å². The predicted octanol–water partition coefficient (Wildman–Crippen LogP) is 4.44. The largest absolute Gasteiger partial charge is 0.450 e. The fraction of sp³-hybridized carbons (Fsp3) is 0.269. The van der Waals surface area contributed by atoms with Gasteiger partial charge in [0.25, 0.3) is 5.91 Å². The predicted molar refractivity (Wildman–Crippen MR) is 145 cm³/mol. The molecule has 0 fully saturated rings. The molecule has 13 heteroatoms. The zero-order valence-electron chi connectivity index (χ0n) is 21.5. The van der Waals surface area contributed by atoms with Gasteiger partial charge in [-0.25, -0.2) is 14.2 Å². The number of hydrogen-bond acceptors (Lipinski definition) is 8. The van der Waals surface area contributed by atoms with Crippen molar-refractivity contribution in [3.05, 3.63) is 64.6 Å². The number of anilines is 5. The van der Waals surface area contributed by atoms with E-state index in [-0.39, 0.29) is 53.6 Å². The Balaban J connectivity index is 1.63. The molecule has 39 heavy (non-hydrogen) atoms. The summed E-state index contributed by atoms with van der Waals surface area (Å²) in [5.41, 5.74) is 1.95. The zero-order chi connectivity index (χ0) is 28.1. The van der Waals surface area contributed by atoms with E-state index in [1.807, 2.05) is 6.92 Å². The highest BCUT2D eigenvalue weighted by molar-refractivity contribution is 6.33. The van der Waals surface area contributed by atoms with Crippen molar-refractivity contribution in [2.24, 2.45) is 0 Å². The third kappa shape index (κ3) is 6.01. The van der Waals surface area contributed by atoms with Crippen LogP contribution in [0.2, 0.25) is 5.02 Å². The molecule has 2 aromatic carbocycles. The van der Waals surface area contributed by atoms with Crippen LogP contribution in [0.25, 0.3) is 0 Å². The van der Waals surface area contributed by atoms with Gasteiger partial charge in [-0.2, -0.15) is 4.98 Å². The Morgan fingerprint density at radius 1 is 1.15 bits per heavy atom. The van der Waals surface area contributed by atoms with Gasteiger partial charge in [-0.3, -0.25) is 14.5 Å².